The van der Waals surface area contributed by atoms with Crippen molar-refractivity contribution in [3.05, 3.63) is 28.7 Å². The molecular weight excluding hydrogens is 236 g/mol. The van der Waals surface area contributed by atoms with E-state index in [1.807, 2.05) is 24.3 Å². The number of benzene rings is 1. The van der Waals surface area contributed by atoms with Gasteiger partial charge in [-0.2, -0.15) is 0 Å². The molecule has 0 atom stereocenters. The molecule has 0 aliphatic carbocycles. The minimum Gasteiger partial charge on any atom is -0.387 e. The van der Waals surface area contributed by atoms with E-state index in [4.69, 9.17) is 11.1 Å². The van der Waals surface area contributed by atoms with Gasteiger partial charge in [-0.05, 0) is 28.1 Å². The Morgan fingerprint density at radius 1 is 1.50 bits per heavy atom. The van der Waals surface area contributed by atoms with Crippen LogP contribution in [0.15, 0.2) is 33.6 Å². The molecule has 0 aliphatic rings. The summed E-state index contributed by atoms with van der Waals surface area (Å²) < 4.78 is 1.05. The topological polar surface area (TPSA) is 49.9 Å². The van der Waals surface area contributed by atoms with Crippen LogP contribution in [0.2, 0.25) is 0 Å². The van der Waals surface area contributed by atoms with E-state index in [0.29, 0.717) is 5.75 Å². The number of nitrogens with one attached hydrogen (secondary N) is 1. The minimum absolute atomic E-state index is 0.204. The molecule has 4 heteroatoms. The highest BCUT2D eigenvalue weighted by atomic mass is 79.9. The lowest BCUT2D eigenvalue weighted by Gasteiger charge is -2.01. The van der Waals surface area contributed by atoms with Gasteiger partial charge in [-0.15, -0.1) is 11.8 Å². The average molecular weight is 245 g/mol. The van der Waals surface area contributed by atoms with E-state index < -0.39 is 0 Å². The summed E-state index contributed by atoms with van der Waals surface area (Å²) in [6.07, 6.45) is 0. The highest BCUT2D eigenvalue weighted by Crippen LogP contribution is 2.26. The maximum Gasteiger partial charge on any atom is 0.101 e. The van der Waals surface area contributed by atoms with Crippen molar-refractivity contribution in [3.8, 4) is 0 Å². The van der Waals surface area contributed by atoms with Gasteiger partial charge in [0.25, 0.3) is 0 Å². The van der Waals surface area contributed by atoms with Crippen LogP contribution in [0.5, 0.6) is 0 Å². The van der Waals surface area contributed by atoms with E-state index in [9.17, 15) is 0 Å². The summed E-state index contributed by atoms with van der Waals surface area (Å²) in [6.45, 7) is 0. The Morgan fingerprint density at radius 3 is 2.75 bits per heavy atom. The lowest BCUT2D eigenvalue weighted by molar-refractivity contribution is 1.39. The van der Waals surface area contributed by atoms with E-state index >= 15 is 0 Å². The predicted octanol–water partition coefficient (Wildman–Crippen LogP) is 2.48. The molecule has 0 bridgehead atoms. The predicted molar refractivity (Wildman–Crippen MR) is 56.8 cm³/mol. The van der Waals surface area contributed by atoms with Gasteiger partial charge in [0, 0.05) is 9.37 Å². The second-order valence-corrected chi connectivity index (χ2v) is 4.12. The van der Waals surface area contributed by atoms with Gasteiger partial charge in [0.1, 0.15) is 5.84 Å². The second kappa shape index (κ2) is 4.52. The molecule has 1 aromatic rings. The van der Waals surface area contributed by atoms with E-state index in [1.165, 1.54) is 0 Å². The van der Waals surface area contributed by atoms with Crippen molar-refractivity contribution in [2.45, 2.75) is 4.90 Å². The molecule has 0 saturated carbocycles. The molecule has 12 heavy (non-hydrogen) atoms. The first kappa shape index (κ1) is 9.61. The van der Waals surface area contributed by atoms with Crippen LogP contribution in [0.25, 0.3) is 0 Å². The van der Waals surface area contributed by atoms with Crippen LogP contribution < -0.4 is 5.73 Å². The first-order chi connectivity index (χ1) is 5.70. The van der Waals surface area contributed by atoms with Gasteiger partial charge in [-0.1, -0.05) is 12.1 Å². The third-order valence-electron chi connectivity index (χ3n) is 1.22. The Labute approximate surface area is 84.2 Å². The first-order valence-electron chi connectivity index (χ1n) is 3.40. The molecule has 1 aromatic carbocycles. The molecule has 0 radical (unpaired) electrons. The first-order valence-corrected chi connectivity index (χ1v) is 5.18. The van der Waals surface area contributed by atoms with E-state index in [1.54, 1.807) is 11.8 Å². The number of nitrogens with two attached hydrogens (primary N) is 1. The molecule has 64 valence electrons. The number of halogens is 1. The van der Waals surface area contributed by atoms with Gasteiger partial charge in [0.15, 0.2) is 0 Å². The van der Waals surface area contributed by atoms with E-state index in [0.717, 1.165) is 9.37 Å². The second-order valence-electron chi connectivity index (χ2n) is 2.24. The van der Waals surface area contributed by atoms with Crippen LogP contribution in [0.3, 0.4) is 0 Å². The van der Waals surface area contributed by atoms with Gasteiger partial charge in [0.2, 0.25) is 0 Å². The Balaban J connectivity index is 2.63. The van der Waals surface area contributed by atoms with E-state index in [2.05, 4.69) is 15.9 Å². The molecule has 0 aliphatic heterocycles. The van der Waals surface area contributed by atoms with Crippen LogP contribution in [-0.2, 0) is 0 Å². The molecule has 0 amide bonds. The SMILES string of the molecule is N=C(N)CSc1ccccc1Br. The zero-order chi connectivity index (χ0) is 8.97. The summed E-state index contributed by atoms with van der Waals surface area (Å²) in [5.41, 5.74) is 5.24. The number of hydrogen-bond acceptors (Lipinski definition) is 2. The smallest absolute Gasteiger partial charge is 0.101 e. The minimum atomic E-state index is 0.204. The van der Waals surface area contributed by atoms with Crippen molar-refractivity contribution in [2.24, 2.45) is 5.73 Å². The Bertz CT molecular complexity index is 288. The number of amidine groups is 1. The summed E-state index contributed by atoms with van der Waals surface area (Å²) in [5, 5.41) is 7.06. The molecule has 0 fully saturated rings. The number of thioether (sulfide) groups is 1. The van der Waals surface area contributed by atoms with Gasteiger partial charge in [-0.3, -0.25) is 5.41 Å². The molecule has 1 rings (SSSR count). The zero-order valence-electron chi connectivity index (χ0n) is 6.38. The summed E-state index contributed by atoms with van der Waals surface area (Å²) >= 11 is 4.97. The largest absolute Gasteiger partial charge is 0.387 e. The highest BCUT2D eigenvalue weighted by molar-refractivity contribution is 9.10. The van der Waals surface area contributed by atoms with Gasteiger partial charge in [0.05, 0.1) is 5.75 Å². The normalized spacial score (nSPS) is 9.75. The third kappa shape index (κ3) is 2.87. The maximum absolute atomic E-state index is 7.06. The summed E-state index contributed by atoms with van der Waals surface area (Å²) in [7, 11) is 0. The van der Waals surface area contributed by atoms with Crippen molar-refractivity contribution < 1.29 is 0 Å². The molecule has 0 spiro atoms. The van der Waals surface area contributed by atoms with Gasteiger partial charge >= 0.3 is 0 Å². The third-order valence-corrected chi connectivity index (χ3v) is 3.30. The maximum atomic E-state index is 7.06. The number of rotatable bonds is 3. The highest BCUT2D eigenvalue weighted by Gasteiger charge is 1.98. The van der Waals surface area contributed by atoms with Crippen LogP contribution in [0.4, 0.5) is 0 Å². The Kier molecular flexibility index (Phi) is 3.62. The van der Waals surface area contributed by atoms with Crippen molar-refractivity contribution in [2.75, 3.05) is 5.75 Å². The fourth-order valence-electron chi connectivity index (χ4n) is 0.717. The Hall–Kier alpha value is -0.480. The fourth-order valence-corrected chi connectivity index (χ4v) is 2.04. The monoisotopic (exact) mass is 244 g/mol. The van der Waals surface area contributed by atoms with Gasteiger partial charge in [-0.25, -0.2) is 0 Å². The molecular formula is C8H9BrN2S. The lowest BCUT2D eigenvalue weighted by Crippen LogP contribution is -2.11. The standard InChI is InChI=1S/C8H9BrN2S/c9-6-3-1-2-4-7(6)12-5-8(10)11/h1-4H,5H2,(H3,10,11). The van der Waals surface area contributed by atoms with Gasteiger partial charge < -0.3 is 5.73 Å². The molecule has 0 heterocycles. The van der Waals surface area contributed by atoms with Crippen molar-refractivity contribution >= 4 is 33.5 Å². The lowest BCUT2D eigenvalue weighted by atomic mass is 10.4. The molecule has 0 unspecified atom stereocenters. The summed E-state index contributed by atoms with van der Waals surface area (Å²) in [4.78, 5) is 1.12. The van der Waals surface area contributed by atoms with E-state index in [-0.39, 0.29) is 5.84 Å². The van der Waals surface area contributed by atoms with Crippen molar-refractivity contribution in [1.82, 2.24) is 0 Å². The fraction of sp³-hybridized carbons (Fsp3) is 0.125. The van der Waals surface area contributed by atoms with Crippen LogP contribution in [0, 0.1) is 5.41 Å². The molecule has 3 N–H and O–H groups in total. The summed E-state index contributed by atoms with van der Waals surface area (Å²) in [6, 6.07) is 7.90. The quantitative estimate of drug-likeness (QED) is 0.488. The Morgan fingerprint density at radius 2 is 2.17 bits per heavy atom. The van der Waals surface area contributed by atoms with Crippen LogP contribution >= 0.6 is 27.7 Å². The molecule has 0 aromatic heterocycles. The molecule has 0 saturated heterocycles. The van der Waals surface area contributed by atoms with Crippen molar-refractivity contribution in [1.29, 1.82) is 5.41 Å². The summed E-state index contributed by atoms with van der Waals surface area (Å²) in [5.74, 6) is 0.749. The van der Waals surface area contributed by atoms with Crippen LogP contribution in [0.1, 0.15) is 0 Å². The zero-order valence-corrected chi connectivity index (χ0v) is 8.78. The molecule has 2 nitrogen and oxygen atoms in total. The van der Waals surface area contributed by atoms with Crippen molar-refractivity contribution in [3.63, 3.8) is 0 Å². The number of hydrogen-bond donors (Lipinski definition) is 2. The van der Waals surface area contributed by atoms with Crippen LogP contribution in [-0.4, -0.2) is 11.6 Å². The average Bonchev–Trinajstić information content (AvgIpc) is 2.03.